The lowest BCUT2D eigenvalue weighted by Gasteiger charge is -2.31. The molecule has 5 nitrogen and oxygen atoms in total. The third kappa shape index (κ3) is 7.67. The van der Waals surface area contributed by atoms with Crippen LogP contribution in [0.15, 0.2) is 72.8 Å². The maximum Gasteiger partial charge on any atom is 0.261 e. The van der Waals surface area contributed by atoms with E-state index in [4.69, 9.17) is 4.74 Å². The predicted molar refractivity (Wildman–Crippen MR) is 136 cm³/mol. The summed E-state index contributed by atoms with van der Waals surface area (Å²) in [5.41, 5.74) is 3.71. The molecule has 6 heteroatoms. The molecule has 35 heavy (non-hydrogen) atoms. The van der Waals surface area contributed by atoms with Gasteiger partial charge < -0.3 is 15.0 Å². The number of ether oxygens (including phenoxy) is 1. The summed E-state index contributed by atoms with van der Waals surface area (Å²) in [7, 11) is 0. The summed E-state index contributed by atoms with van der Waals surface area (Å²) in [5.74, 6) is -0.272. The van der Waals surface area contributed by atoms with Crippen LogP contribution >= 0.6 is 0 Å². The molecular weight excluding hydrogens is 443 g/mol. The van der Waals surface area contributed by atoms with E-state index >= 15 is 0 Å². The van der Waals surface area contributed by atoms with Gasteiger partial charge in [0.2, 0.25) is 5.91 Å². The van der Waals surface area contributed by atoms with E-state index in [2.05, 4.69) is 5.32 Å². The molecule has 2 amide bonds. The van der Waals surface area contributed by atoms with Crippen molar-refractivity contribution in [2.24, 2.45) is 0 Å². The summed E-state index contributed by atoms with van der Waals surface area (Å²) in [5, 5.41) is 2.94. The zero-order valence-corrected chi connectivity index (χ0v) is 20.6. The Morgan fingerprint density at radius 2 is 1.69 bits per heavy atom. The molecule has 0 aliphatic rings. The van der Waals surface area contributed by atoms with Gasteiger partial charge in [-0.3, -0.25) is 9.59 Å². The first-order valence-corrected chi connectivity index (χ1v) is 11.9. The second-order valence-electron chi connectivity index (χ2n) is 8.70. The Bertz CT molecular complexity index is 1120. The van der Waals surface area contributed by atoms with Crippen LogP contribution in [0.1, 0.15) is 35.6 Å². The van der Waals surface area contributed by atoms with Crippen LogP contribution in [0.2, 0.25) is 0 Å². The maximum absolute atomic E-state index is 13.5. The van der Waals surface area contributed by atoms with Crippen molar-refractivity contribution in [3.63, 3.8) is 0 Å². The first kappa shape index (κ1) is 25.9. The molecule has 184 valence electrons. The molecule has 0 unspecified atom stereocenters. The summed E-state index contributed by atoms with van der Waals surface area (Å²) in [6.45, 7) is 6.37. The van der Waals surface area contributed by atoms with Gasteiger partial charge in [-0.2, -0.15) is 0 Å². The monoisotopic (exact) mass is 476 g/mol. The lowest BCUT2D eigenvalue weighted by molar-refractivity contribution is -0.142. The number of hydrogen-bond donors (Lipinski definition) is 1. The van der Waals surface area contributed by atoms with Crippen LogP contribution in [-0.2, 0) is 22.6 Å². The smallest absolute Gasteiger partial charge is 0.261 e. The van der Waals surface area contributed by atoms with Gasteiger partial charge in [-0.25, -0.2) is 4.39 Å². The van der Waals surface area contributed by atoms with Gasteiger partial charge in [-0.15, -0.1) is 0 Å². The molecule has 0 bridgehead atoms. The first-order chi connectivity index (χ1) is 16.9. The average molecular weight is 477 g/mol. The van der Waals surface area contributed by atoms with Gasteiger partial charge in [0.05, 0.1) is 0 Å². The summed E-state index contributed by atoms with van der Waals surface area (Å²) < 4.78 is 19.4. The predicted octanol–water partition coefficient (Wildman–Crippen LogP) is 4.99. The minimum Gasteiger partial charge on any atom is -0.483 e. The fourth-order valence-electron chi connectivity index (χ4n) is 3.89. The van der Waals surface area contributed by atoms with Crippen molar-refractivity contribution in [2.45, 2.75) is 46.2 Å². The van der Waals surface area contributed by atoms with Crippen molar-refractivity contribution >= 4 is 11.8 Å². The Morgan fingerprint density at radius 1 is 0.971 bits per heavy atom. The highest BCUT2D eigenvalue weighted by Gasteiger charge is 2.30. The Balaban J connectivity index is 1.89. The molecule has 0 saturated carbocycles. The lowest BCUT2D eigenvalue weighted by Crippen LogP contribution is -2.51. The van der Waals surface area contributed by atoms with E-state index in [-0.39, 0.29) is 30.8 Å². The van der Waals surface area contributed by atoms with E-state index in [1.807, 2.05) is 69.3 Å². The molecule has 0 aromatic heterocycles. The number of carbonyl (C=O) groups is 2. The number of benzene rings is 3. The van der Waals surface area contributed by atoms with E-state index in [1.165, 1.54) is 17.0 Å². The van der Waals surface area contributed by atoms with Crippen molar-refractivity contribution in [1.29, 1.82) is 0 Å². The fraction of sp³-hybridized carbons (Fsp3) is 0.310. The molecule has 0 aliphatic heterocycles. The van der Waals surface area contributed by atoms with Gasteiger partial charge in [0.25, 0.3) is 5.91 Å². The zero-order valence-electron chi connectivity index (χ0n) is 20.6. The topological polar surface area (TPSA) is 58.6 Å². The lowest BCUT2D eigenvalue weighted by atomic mass is 10.0. The summed E-state index contributed by atoms with van der Waals surface area (Å²) in [6.07, 6.45) is 1.14. The summed E-state index contributed by atoms with van der Waals surface area (Å²) in [4.78, 5) is 28.3. The molecule has 0 saturated heterocycles. The van der Waals surface area contributed by atoms with Crippen LogP contribution in [0.25, 0.3) is 0 Å². The Labute approximate surface area is 206 Å². The quantitative estimate of drug-likeness (QED) is 0.424. The first-order valence-electron chi connectivity index (χ1n) is 11.9. The summed E-state index contributed by atoms with van der Waals surface area (Å²) >= 11 is 0. The second-order valence-corrected chi connectivity index (χ2v) is 8.70. The number of halogens is 1. The SMILES string of the molecule is CCCNC(=O)[C@@H](Cc1ccccc1)N(Cc1ccc(F)cc1)C(=O)COc1ccc(C)cc1C. The fourth-order valence-corrected chi connectivity index (χ4v) is 3.89. The second kappa shape index (κ2) is 12.7. The Hall–Kier alpha value is -3.67. The maximum atomic E-state index is 13.5. The number of carbonyl (C=O) groups excluding carboxylic acids is 2. The molecular formula is C29H33FN2O3. The molecule has 0 heterocycles. The van der Waals surface area contributed by atoms with Crippen LogP contribution in [0.3, 0.4) is 0 Å². The number of nitrogens with zero attached hydrogens (tertiary/aromatic N) is 1. The van der Waals surface area contributed by atoms with E-state index in [0.717, 1.165) is 28.7 Å². The molecule has 1 atom stereocenters. The van der Waals surface area contributed by atoms with Gasteiger partial charge in [-0.1, -0.05) is 67.1 Å². The van der Waals surface area contributed by atoms with Crippen molar-refractivity contribution in [3.8, 4) is 5.75 Å². The van der Waals surface area contributed by atoms with E-state index in [9.17, 15) is 14.0 Å². The highest BCUT2D eigenvalue weighted by molar-refractivity contribution is 5.88. The highest BCUT2D eigenvalue weighted by atomic mass is 19.1. The van der Waals surface area contributed by atoms with Gasteiger partial charge in [0.1, 0.15) is 17.6 Å². The van der Waals surface area contributed by atoms with Gasteiger partial charge in [0.15, 0.2) is 6.61 Å². The largest absolute Gasteiger partial charge is 0.483 e. The standard InChI is InChI=1S/C29H33FN2O3/c1-4-16-31-29(34)26(18-23-8-6-5-7-9-23)32(19-24-11-13-25(30)14-12-24)28(33)20-35-27-15-10-21(2)17-22(27)3/h5-15,17,26H,4,16,18-20H2,1-3H3,(H,31,34)/t26-/m1/s1. The minimum atomic E-state index is -0.746. The molecule has 0 aliphatic carbocycles. The number of aryl methyl sites for hydroxylation is 2. The Kier molecular flexibility index (Phi) is 9.41. The van der Waals surface area contributed by atoms with Crippen LogP contribution < -0.4 is 10.1 Å². The number of amides is 2. The third-order valence-corrected chi connectivity index (χ3v) is 5.77. The Morgan fingerprint density at radius 3 is 2.34 bits per heavy atom. The average Bonchev–Trinajstić information content (AvgIpc) is 2.85. The van der Waals surface area contributed by atoms with Gasteiger partial charge in [0, 0.05) is 19.5 Å². The van der Waals surface area contributed by atoms with Crippen molar-refractivity contribution in [3.05, 3.63) is 101 Å². The highest BCUT2D eigenvalue weighted by Crippen LogP contribution is 2.20. The van der Waals surface area contributed by atoms with Gasteiger partial charge in [-0.05, 0) is 55.2 Å². The zero-order chi connectivity index (χ0) is 25.2. The van der Waals surface area contributed by atoms with Gasteiger partial charge >= 0.3 is 0 Å². The molecule has 3 aromatic rings. The minimum absolute atomic E-state index is 0.159. The van der Waals surface area contributed by atoms with E-state index in [1.54, 1.807) is 12.1 Å². The molecule has 3 aromatic carbocycles. The van der Waals surface area contributed by atoms with Crippen LogP contribution in [-0.4, -0.2) is 35.9 Å². The number of nitrogens with one attached hydrogen (secondary N) is 1. The number of rotatable bonds is 11. The van der Waals surface area contributed by atoms with Crippen molar-refractivity contribution < 1.29 is 18.7 Å². The molecule has 0 radical (unpaired) electrons. The molecule has 3 rings (SSSR count). The van der Waals surface area contributed by atoms with E-state index < -0.39 is 6.04 Å². The van der Waals surface area contributed by atoms with Crippen LogP contribution in [0.5, 0.6) is 5.75 Å². The van der Waals surface area contributed by atoms with Crippen LogP contribution in [0.4, 0.5) is 4.39 Å². The molecule has 1 N–H and O–H groups in total. The van der Waals surface area contributed by atoms with E-state index in [0.29, 0.717) is 18.7 Å². The van der Waals surface area contributed by atoms with Crippen molar-refractivity contribution in [2.75, 3.05) is 13.2 Å². The normalized spacial score (nSPS) is 11.5. The summed E-state index contributed by atoms with van der Waals surface area (Å²) in [6, 6.07) is 20.6. The third-order valence-electron chi connectivity index (χ3n) is 5.77. The number of hydrogen-bond acceptors (Lipinski definition) is 3. The molecule has 0 spiro atoms. The molecule has 0 fully saturated rings. The van der Waals surface area contributed by atoms with Crippen LogP contribution in [0, 0.1) is 19.7 Å². The van der Waals surface area contributed by atoms with Crippen molar-refractivity contribution in [1.82, 2.24) is 10.2 Å².